The molecule has 0 atom stereocenters. The Morgan fingerprint density at radius 3 is 1.52 bits per heavy atom. The van der Waals surface area contributed by atoms with Crippen molar-refractivity contribution in [3.05, 3.63) is 0 Å². The van der Waals surface area contributed by atoms with Crippen molar-refractivity contribution >= 4 is 0 Å². The minimum atomic E-state index is -1.93. The van der Waals surface area contributed by atoms with Gasteiger partial charge in [0.15, 0.2) is 10.8 Å². The van der Waals surface area contributed by atoms with Crippen LogP contribution < -0.4 is 0 Å². The van der Waals surface area contributed by atoms with E-state index in [-0.39, 0.29) is 6.42 Å². The van der Waals surface area contributed by atoms with Gasteiger partial charge in [-0.3, -0.25) is 0 Å². The van der Waals surface area contributed by atoms with E-state index in [0.717, 1.165) is 12.8 Å². The highest BCUT2D eigenvalue weighted by Crippen LogP contribution is 2.44. The first-order valence-electron chi connectivity index (χ1n) is 6.51. The third-order valence-corrected chi connectivity index (χ3v) is 3.43. The molecule has 0 rings (SSSR count). The maximum absolute atomic E-state index is 9.31. The summed E-state index contributed by atoms with van der Waals surface area (Å²) in [6.45, 7) is 0. The van der Waals surface area contributed by atoms with E-state index in [1.54, 1.807) is 30.3 Å². The molecule has 0 aromatic heterocycles. The molecule has 104 valence electrons. The van der Waals surface area contributed by atoms with Crippen LogP contribution in [0, 0.1) is 78.8 Å². The Balaban J connectivity index is 5.05. The molecule has 0 spiro atoms. The van der Waals surface area contributed by atoms with Gasteiger partial charge < -0.3 is 0 Å². The highest BCUT2D eigenvalue weighted by molar-refractivity contribution is 5.35. The van der Waals surface area contributed by atoms with Crippen molar-refractivity contribution < 1.29 is 0 Å². The number of hydrogen-bond acceptors (Lipinski definition) is 6. The molecule has 6 nitrogen and oxygen atoms in total. The van der Waals surface area contributed by atoms with Crippen LogP contribution in [0.4, 0.5) is 0 Å². The molecule has 0 radical (unpaired) electrons. The van der Waals surface area contributed by atoms with Crippen LogP contribution in [0.5, 0.6) is 0 Å². The van der Waals surface area contributed by atoms with Crippen LogP contribution in [0.1, 0.15) is 44.9 Å². The molecule has 0 fully saturated rings. The molecule has 0 aliphatic rings. The van der Waals surface area contributed by atoms with E-state index in [1.807, 2.05) is 6.07 Å². The van der Waals surface area contributed by atoms with E-state index < -0.39 is 17.3 Å². The zero-order valence-corrected chi connectivity index (χ0v) is 11.6. The molecular formula is C15H14N6. The Kier molecular flexibility index (Phi) is 7.64. The predicted octanol–water partition coefficient (Wildman–Crippen LogP) is 2.83. The number of hydrogen-bond donors (Lipinski definition) is 0. The zero-order valence-electron chi connectivity index (χ0n) is 11.6. The molecule has 0 aromatic carbocycles. The Morgan fingerprint density at radius 2 is 1.10 bits per heavy atom. The van der Waals surface area contributed by atoms with Crippen LogP contribution in [0.2, 0.25) is 0 Å². The summed E-state index contributed by atoms with van der Waals surface area (Å²) in [5.74, 6) is 0. The second-order valence-corrected chi connectivity index (χ2v) is 4.67. The number of rotatable bonds is 8. The largest absolute Gasteiger partial charge is 0.198 e. The number of nitrogens with zero attached hydrogens (tertiary/aromatic N) is 6. The first-order valence-corrected chi connectivity index (χ1v) is 6.51. The van der Waals surface area contributed by atoms with E-state index in [9.17, 15) is 21.0 Å². The molecule has 0 unspecified atom stereocenters. The van der Waals surface area contributed by atoms with Crippen molar-refractivity contribution in [2.75, 3.05) is 0 Å². The average molecular weight is 278 g/mol. The Hall–Kier alpha value is -3.06. The highest BCUT2D eigenvalue weighted by Gasteiger charge is 2.54. The van der Waals surface area contributed by atoms with Gasteiger partial charge in [-0.15, -0.1) is 0 Å². The lowest BCUT2D eigenvalue weighted by Crippen LogP contribution is -2.38. The lowest BCUT2D eigenvalue weighted by molar-refractivity contribution is 0.274. The second kappa shape index (κ2) is 8.94. The topological polar surface area (TPSA) is 143 Å². The monoisotopic (exact) mass is 278 g/mol. The first kappa shape index (κ1) is 17.9. The third kappa shape index (κ3) is 3.95. The SMILES string of the molecule is N#CCCCCCCC(C#N)(C#N)C(C#N)(C#N)CC#N. The summed E-state index contributed by atoms with van der Waals surface area (Å²) < 4.78 is 0. The fourth-order valence-electron chi connectivity index (χ4n) is 2.05. The van der Waals surface area contributed by atoms with E-state index >= 15 is 0 Å². The van der Waals surface area contributed by atoms with Crippen molar-refractivity contribution in [2.24, 2.45) is 10.8 Å². The molecule has 0 saturated heterocycles. The minimum absolute atomic E-state index is 0.0648. The quantitative estimate of drug-likeness (QED) is 0.624. The van der Waals surface area contributed by atoms with Gasteiger partial charge in [0.1, 0.15) is 0 Å². The normalized spacial score (nSPS) is 10.0. The summed E-state index contributed by atoms with van der Waals surface area (Å²) >= 11 is 0. The average Bonchev–Trinajstić information content (AvgIpc) is 2.53. The Bertz CT molecular complexity index is 565. The van der Waals surface area contributed by atoms with Gasteiger partial charge in [-0.05, 0) is 12.8 Å². The minimum Gasteiger partial charge on any atom is -0.198 e. The standard InChI is InChI=1S/C15H14N6/c16-8-5-3-1-2-4-6-14(10-18,11-19)15(12-20,13-21)7-9-17/h1-7H2. The van der Waals surface area contributed by atoms with Gasteiger partial charge in [-0.2, -0.15) is 31.6 Å². The molecule has 6 heteroatoms. The highest BCUT2D eigenvalue weighted by atomic mass is 14.6. The lowest BCUT2D eigenvalue weighted by Gasteiger charge is -2.29. The molecule has 0 saturated carbocycles. The van der Waals surface area contributed by atoms with E-state index in [1.165, 1.54) is 0 Å². The van der Waals surface area contributed by atoms with Crippen LogP contribution in [0.15, 0.2) is 0 Å². The van der Waals surface area contributed by atoms with Gasteiger partial charge in [-0.1, -0.05) is 19.3 Å². The van der Waals surface area contributed by atoms with E-state index in [4.69, 9.17) is 10.5 Å². The van der Waals surface area contributed by atoms with Crippen LogP contribution >= 0.6 is 0 Å². The van der Waals surface area contributed by atoms with Gasteiger partial charge in [0.2, 0.25) is 0 Å². The summed E-state index contributed by atoms with van der Waals surface area (Å²) in [6.07, 6.45) is 2.75. The summed E-state index contributed by atoms with van der Waals surface area (Å²) in [6, 6.07) is 10.7. The Morgan fingerprint density at radius 1 is 0.571 bits per heavy atom. The summed E-state index contributed by atoms with van der Waals surface area (Å²) in [5, 5.41) is 54.3. The zero-order chi connectivity index (χ0) is 16.2. The van der Waals surface area contributed by atoms with E-state index in [2.05, 4.69) is 0 Å². The molecule has 21 heavy (non-hydrogen) atoms. The molecule has 0 heterocycles. The fraction of sp³-hybridized carbons (Fsp3) is 0.600. The fourth-order valence-corrected chi connectivity index (χ4v) is 2.05. The van der Waals surface area contributed by atoms with Gasteiger partial charge in [0.25, 0.3) is 0 Å². The van der Waals surface area contributed by atoms with Crippen LogP contribution in [-0.4, -0.2) is 0 Å². The molecule has 0 aromatic rings. The van der Waals surface area contributed by atoms with Crippen molar-refractivity contribution in [3.63, 3.8) is 0 Å². The molecule has 0 N–H and O–H groups in total. The van der Waals surface area contributed by atoms with Crippen molar-refractivity contribution in [2.45, 2.75) is 44.9 Å². The summed E-state index contributed by atoms with van der Waals surface area (Å²) in [5.41, 5.74) is -3.74. The molecule has 0 aliphatic carbocycles. The van der Waals surface area contributed by atoms with Gasteiger partial charge in [-0.25, -0.2) is 0 Å². The van der Waals surface area contributed by atoms with Crippen LogP contribution in [-0.2, 0) is 0 Å². The molecule has 0 amide bonds. The van der Waals surface area contributed by atoms with Crippen LogP contribution in [0.25, 0.3) is 0 Å². The number of unbranched alkanes of at least 4 members (excludes halogenated alkanes) is 4. The summed E-state index contributed by atoms with van der Waals surface area (Å²) in [7, 11) is 0. The van der Waals surface area contributed by atoms with Crippen molar-refractivity contribution in [3.8, 4) is 36.4 Å². The van der Waals surface area contributed by atoms with E-state index in [0.29, 0.717) is 19.3 Å². The van der Waals surface area contributed by atoms with Crippen molar-refractivity contribution in [1.29, 1.82) is 31.6 Å². The maximum atomic E-state index is 9.31. The smallest absolute Gasteiger partial charge is 0.188 e. The molecule has 0 aliphatic heterocycles. The van der Waals surface area contributed by atoms with Gasteiger partial charge in [0, 0.05) is 6.42 Å². The maximum Gasteiger partial charge on any atom is 0.188 e. The number of nitriles is 6. The lowest BCUT2D eigenvalue weighted by atomic mass is 9.62. The third-order valence-electron chi connectivity index (χ3n) is 3.43. The van der Waals surface area contributed by atoms with Gasteiger partial charge in [0.05, 0.1) is 42.8 Å². The Labute approximate surface area is 124 Å². The summed E-state index contributed by atoms with van der Waals surface area (Å²) in [4.78, 5) is 0. The van der Waals surface area contributed by atoms with Crippen molar-refractivity contribution in [1.82, 2.24) is 0 Å². The first-order chi connectivity index (χ1) is 10.1. The van der Waals surface area contributed by atoms with Crippen LogP contribution in [0.3, 0.4) is 0 Å². The predicted molar refractivity (Wildman–Crippen MR) is 70.9 cm³/mol. The van der Waals surface area contributed by atoms with Gasteiger partial charge >= 0.3 is 0 Å². The second-order valence-electron chi connectivity index (χ2n) is 4.67. The molecular weight excluding hydrogens is 264 g/mol. The molecule has 0 bridgehead atoms.